The van der Waals surface area contributed by atoms with Gasteiger partial charge in [-0.05, 0) is 31.4 Å². The Labute approximate surface area is 119 Å². The van der Waals surface area contributed by atoms with Crippen LogP contribution in [-0.4, -0.2) is 33.4 Å². The lowest BCUT2D eigenvalue weighted by atomic mass is 10.3. The molecule has 0 atom stereocenters. The maximum atomic E-state index is 12.4. The number of imidazole rings is 1. The van der Waals surface area contributed by atoms with E-state index >= 15 is 0 Å². The average Bonchev–Trinajstić information content (AvgIpc) is 3.24. The first-order chi connectivity index (χ1) is 9.70. The quantitative estimate of drug-likeness (QED) is 0.838. The lowest BCUT2D eigenvalue weighted by molar-refractivity contribution is -0.131. The Morgan fingerprint density at radius 1 is 1.40 bits per heavy atom. The largest absolute Gasteiger partial charge is 0.341 e. The second kappa shape index (κ2) is 5.27. The van der Waals surface area contributed by atoms with E-state index in [1.165, 1.54) is 0 Å². The fraction of sp³-hybridized carbons (Fsp3) is 0.500. The topological polar surface area (TPSA) is 38.1 Å². The van der Waals surface area contributed by atoms with E-state index in [2.05, 4.69) is 16.5 Å². The number of nitrogens with zero attached hydrogens (tertiary/aromatic N) is 3. The molecule has 1 aromatic heterocycles. The summed E-state index contributed by atoms with van der Waals surface area (Å²) in [5.41, 5.74) is 2.05. The number of carbonyl (C=O) groups excluding carboxylic acids is 1. The van der Waals surface area contributed by atoms with Gasteiger partial charge in [0.25, 0.3) is 0 Å². The summed E-state index contributed by atoms with van der Waals surface area (Å²) in [6.07, 6.45) is 4.24. The van der Waals surface area contributed by atoms with Crippen LogP contribution in [0.25, 0.3) is 11.0 Å². The second-order valence-electron chi connectivity index (χ2n) is 5.59. The summed E-state index contributed by atoms with van der Waals surface area (Å²) in [6.45, 7) is 2.55. The van der Waals surface area contributed by atoms with Crippen LogP contribution < -0.4 is 0 Å². The SMILES string of the molecule is CCCc1nc2ccccc2n1CC(=O)N(C)C1CC1. The summed E-state index contributed by atoms with van der Waals surface area (Å²) in [7, 11) is 1.92. The van der Waals surface area contributed by atoms with Gasteiger partial charge in [-0.2, -0.15) is 0 Å². The first kappa shape index (κ1) is 13.2. The van der Waals surface area contributed by atoms with Gasteiger partial charge < -0.3 is 9.47 Å². The third-order valence-electron chi connectivity index (χ3n) is 3.99. The Bertz CT molecular complexity index is 628. The molecule has 3 rings (SSSR count). The molecule has 0 spiro atoms. The maximum Gasteiger partial charge on any atom is 0.242 e. The number of hydrogen-bond donors (Lipinski definition) is 0. The fourth-order valence-corrected chi connectivity index (χ4v) is 2.63. The van der Waals surface area contributed by atoms with E-state index in [0.29, 0.717) is 12.6 Å². The Kier molecular flexibility index (Phi) is 3.47. The van der Waals surface area contributed by atoms with E-state index in [-0.39, 0.29) is 5.91 Å². The van der Waals surface area contributed by atoms with Gasteiger partial charge in [-0.15, -0.1) is 0 Å². The van der Waals surface area contributed by atoms with Crippen LogP contribution in [0, 0.1) is 0 Å². The Morgan fingerprint density at radius 2 is 2.15 bits per heavy atom. The van der Waals surface area contributed by atoms with E-state index in [4.69, 9.17) is 0 Å². The highest BCUT2D eigenvalue weighted by Gasteiger charge is 2.29. The minimum absolute atomic E-state index is 0.188. The van der Waals surface area contributed by atoms with Gasteiger partial charge >= 0.3 is 0 Å². The molecular formula is C16H21N3O. The first-order valence-electron chi connectivity index (χ1n) is 7.40. The molecule has 1 fully saturated rings. The number of carbonyl (C=O) groups is 1. The first-order valence-corrected chi connectivity index (χ1v) is 7.40. The van der Waals surface area contributed by atoms with Crippen LogP contribution in [-0.2, 0) is 17.8 Å². The van der Waals surface area contributed by atoms with E-state index in [0.717, 1.165) is 42.5 Å². The van der Waals surface area contributed by atoms with Gasteiger partial charge in [-0.3, -0.25) is 4.79 Å². The molecule has 0 N–H and O–H groups in total. The van der Waals surface area contributed by atoms with Gasteiger partial charge in [-0.25, -0.2) is 4.98 Å². The van der Waals surface area contributed by atoms with Crippen LogP contribution in [0.2, 0.25) is 0 Å². The molecule has 0 saturated heterocycles. The number of likely N-dealkylation sites (N-methyl/N-ethyl adjacent to an activating group) is 1. The van der Waals surface area contributed by atoms with Crippen LogP contribution in [0.5, 0.6) is 0 Å². The van der Waals surface area contributed by atoms with Crippen molar-refractivity contribution in [3.05, 3.63) is 30.1 Å². The molecular weight excluding hydrogens is 250 g/mol. The molecule has 4 nitrogen and oxygen atoms in total. The summed E-state index contributed by atoms with van der Waals surface area (Å²) in [5.74, 6) is 1.21. The Hall–Kier alpha value is -1.84. The molecule has 106 valence electrons. The molecule has 20 heavy (non-hydrogen) atoms. The molecule has 1 aliphatic carbocycles. The van der Waals surface area contributed by atoms with Gasteiger partial charge in [0.1, 0.15) is 12.4 Å². The molecule has 4 heteroatoms. The van der Waals surface area contributed by atoms with Crippen molar-refractivity contribution in [2.75, 3.05) is 7.05 Å². The molecule has 1 heterocycles. The molecule has 1 saturated carbocycles. The van der Waals surface area contributed by atoms with Crippen LogP contribution in [0.3, 0.4) is 0 Å². The Balaban J connectivity index is 1.91. The van der Waals surface area contributed by atoms with E-state index in [9.17, 15) is 4.79 Å². The normalized spacial score (nSPS) is 14.7. The average molecular weight is 271 g/mol. The van der Waals surface area contributed by atoms with Crippen LogP contribution in [0.1, 0.15) is 32.0 Å². The highest BCUT2D eigenvalue weighted by molar-refractivity contribution is 5.81. The highest BCUT2D eigenvalue weighted by atomic mass is 16.2. The standard InChI is InChI=1S/C16H21N3O/c1-3-6-15-17-13-7-4-5-8-14(13)19(15)11-16(20)18(2)12-9-10-12/h4-5,7-8,12H,3,6,9-11H2,1-2H3. The van der Waals surface area contributed by atoms with Gasteiger partial charge in [0.15, 0.2) is 0 Å². The van der Waals surface area contributed by atoms with Crippen molar-refractivity contribution in [2.24, 2.45) is 0 Å². The van der Waals surface area contributed by atoms with E-state index in [1.807, 2.05) is 36.2 Å². The van der Waals surface area contributed by atoms with Gasteiger partial charge in [0.05, 0.1) is 11.0 Å². The monoisotopic (exact) mass is 271 g/mol. The minimum Gasteiger partial charge on any atom is -0.341 e. The van der Waals surface area contributed by atoms with Crippen molar-refractivity contribution in [3.8, 4) is 0 Å². The van der Waals surface area contributed by atoms with Crippen LogP contribution >= 0.6 is 0 Å². The molecule has 1 aromatic carbocycles. The number of hydrogen-bond acceptors (Lipinski definition) is 2. The van der Waals surface area contributed by atoms with Crippen molar-refractivity contribution in [2.45, 2.75) is 45.2 Å². The smallest absolute Gasteiger partial charge is 0.242 e. The molecule has 0 radical (unpaired) electrons. The lowest BCUT2D eigenvalue weighted by Gasteiger charge is -2.17. The van der Waals surface area contributed by atoms with Crippen molar-refractivity contribution in [1.29, 1.82) is 0 Å². The number of fused-ring (bicyclic) bond motifs is 1. The minimum atomic E-state index is 0.188. The molecule has 2 aromatic rings. The maximum absolute atomic E-state index is 12.4. The molecule has 0 unspecified atom stereocenters. The zero-order valence-corrected chi connectivity index (χ0v) is 12.2. The zero-order valence-electron chi connectivity index (χ0n) is 12.2. The molecule has 1 amide bonds. The van der Waals surface area contributed by atoms with E-state index in [1.54, 1.807) is 0 Å². The summed E-state index contributed by atoms with van der Waals surface area (Å²) in [6, 6.07) is 8.53. The molecule has 0 aliphatic heterocycles. The van der Waals surface area contributed by atoms with Crippen molar-refractivity contribution in [1.82, 2.24) is 14.5 Å². The number of rotatable bonds is 5. The lowest BCUT2D eigenvalue weighted by Crippen LogP contribution is -2.32. The molecule has 1 aliphatic rings. The van der Waals surface area contributed by atoms with Crippen LogP contribution in [0.4, 0.5) is 0 Å². The predicted molar refractivity (Wildman–Crippen MR) is 79.5 cm³/mol. The third kappa shape index (κ3) is 2.42. The number of benzene rings is 1. The van der Waals surface area contributed by atoms with E-state index < -0.39 is 0 Å². The number of para-hydroxylation sites is 2. The van der Waals surface area contributed by atoms with Gasteiger partial charge in [-0.1, -0.05) is 19.1 Å². The van der Waals surface area contributed by atoms with Crippen molar-refractivity contribution >= 4 is 16.9 Å². The van der Waals surface area contributed by atoms with Gasteiger partial charge in [0.2, 0.25) is 5.91 Å². The van der Waals surface area contributed by atoms with Gasteiger partial charge in [0, 0.05) is 19.5 Å². The second-order valence-corrected chi connectivity index (χ2v) is 5.59. The van der Waals surface area contributed by atoms with Crippen molar-refractivity contribution < 1.29 is 4.79 Å². The molecule has 0 bridgehead atoms. The number of aromatic nitrogens is 2. The predicted octanol–water partition coefficient (Wildman–Crippen LogP) is 2.61. The summed E-state index contributed by atoms with van der Waals surface area (Å²) in [4.78, 5) is 18.9. The number of amides is 1. The summed E-state index contributed by atoms with van der Waals surface area (Å²) >= 11 is 0. The van der Waals surface area contributed by atoms with Crippen molar-refractivity contribution in [3.63, 3.8) is 0 Å². The van der Waals surface area contributed by atoms with Crippen LogP contribution in [0.15, 0.2) is 24.3 Å². The number of aryl methyl sites for hydroxylation is 1. The summed E-state index contributed by atoms with van der Waals surface area (Å²) in [5, 5.41) is 0. The highest BCUT2D eigenvalue weighted by Crippen LogP contribution is 2.26. The fourth-order valence-electron chi connectivity index (χ4n) is 2.63. The summed E-state index contributed by atoms with van der Waals surface area (Å²) < 4.78 is 2.08. The third-order valence-corrected chi connectivity index (χ3v) is 3.99. The zero-order chi connectivity index (χ0) is 14.1. The Morgan fingerprint density at radius 3 is 2.85 bits per heavy atom.